The number of aromatic nitrogens is 2. The van der Waals surface area contributed by atoms with Gasteiger partial charge in [0.05, 0.1) is 11.0 Å². The summed E-state index contributed by atoms with van der Waals surface area (Å²) in [5.74, 6) is -0.122. The first-order chi connectivity index (χ1) is 6.59. The van der Waals surface area contributed by atoms with E-state index in [1.165, 1.54) is 11.5 Å². The average Bonchev–Trinajstić information content (AvgIpc) is 2.40. The van der Waals surface area contributed by atoms with Crippen molar-refractivity contribution in [1.29, 1.82) is 0 Å². The van der Waals surface area contributed by atoms with Gasteiger partial charge in [0.1, 0.15) is 0 Å². The molecule has 0 aliphatic heterocycles. The number of carbonyl (C=O) groups excluding carboxylic acids is 1. The first-order valence-corrected chi connectivity index (χ1v) is 4.79. The Hall–Kier alpha value is -1.13. The van der Waals surface area contributed by atoms with Gasteiger partial charge >= 0.3 is 0 Å². The fourth-order valence-corrected chi connectivity index (χ4v) is 1.89. The minimum absolute atomic E-state index is 0.122. The predicted octanol–water partition coefficient (Wildman–Crippen LogP) is 3.01. The smallest absolute Gasteiger partial charge is 0.230 e. The second-order valence-electron chi connectivity index (χ2n) is 2.95. The molecule has 5 heteroatoms. The molecule has 0 fully saturated rings. The zero-order valence-electron chi connectivity index (χ0n) is 7.37. The quantitative estimate of drug-likeness (QED) is 0.702. The molecule has 72 valence electrons. The van der Waals surface area contributed by atoms with Crippen LogP contribution in [0.4, 0.5) is 0 Å². The van der Waals surface area contributed by atoms with E-state index in [0.29, 0.717) is 9.79 Å². The third-order valence-corrected chi connectivity index (χ3v) is 2.48. The van der Waals surface area contributed by atoms with Crippen LogP contribution in [0.15, 0.2) is 18.2 Å². The molecule has 0 saturated heterocycles. The van der Waals surface area contributed by atoms with Crippen LogP contribution in [0.2, 0.25) is 5.02 Å². The van der Waals surface area contributed by atoms with Crippen LogP contribution in [-0.4, -0.2) is 15.5 Å². The van der Waals surface area contributed by atoms with Gasteiger partial charge in [-0.25, -0.2) is 0 Å². The number of carbonyl (C=O) groups is 1. The van der Waals surface area contributed by atoms with Gasteiger partial charge in [-0.1, -0.05) is 11.6 Å². The Balaban J connectivity index is 2.93. The zero-order valence-corrected chi connectivity index (χ0v) is 8.95. The third kappa shape index (κ3) is 1.36. The van der Waals surface area contributed by atoms with E-state index >= 15 is 0 Å². The van der Waals surface area contributed by atoms with Crippen LogP contribution in [-0.2, 0) is 0 Å². The van der Waals surface area contributed by atoms with Crippen molar-refractivity contribution in [1.82, 2.24) is 9.55 Å². The van der Waals surface area contributed by atoms with Gasteiger partial charge in [-0.2, -0.15) is 0 Å². The molecule has 1 aromatic heterocycles. The molecular formula is C9H7ClN2OS. The summed E-state index contributed by atoms with van der Waals surface area (Å²) >= 11 is 10.8. The Morgan fingerprint density at radius 2 is 2.29 bits per heavy atom. The minimum Gasteiger partial charge on any atom is -0.330 e. The lowest BCUT2D eigenvalue weighted by Crippen LogP contribution is -2.04. The maximum atomic E-state index is 11.3. The van der Waals surface area contributed by atoms with Gasteiger partial charge in [0, 0.05) is 11.9 Å². The minimum atomic E-state index is -0.122. The van der Waals surface area contributed by atoms with E-state index in [2.05, 4.69) is 4.98 Å². The molecular weight excluding hydrogens is 220 g/mol. The Kier molecular flexibility index (Phi) is 2.17. The predicted molar refractivity (Wildman–Crippen MR) is 58.4 cm³/mol. The lowest BCUT2D eigenvalue weighted by atomic mass is 10.3. The molecule has 0 amide bonds. The fourth-order valence-electron chi connectivity index (χ4n) is 1.39. The number of fused-ring (bicyclic) bond motifs is 1. The monoisotopic (exact) mass is 226 g/mol. The summed E-state index contributed by atoms with van der Waals surface area (Å²) in [4.78, 5) is 14.2. The van der Waals surface area contributed by atoms with Gasteiger partial charge in [-0.15, -0.1) is 0 Å². The summed E-state index contributed by atoms with van der Waals surface area (Å²) in [5.41, 5.74) is 1.53. The number of benzene rings is 1. The molecule has 0 bridgehead atoms. The number of nitrogens with one attached hydrogen (secondary N) is 1. The molecule has 1 N–H and O–H groups in total. The highest BCUT2D eigenvalue weighted by atomic mass is 35.5. The van der Waals surface area contributed by atoms with Gasteiger partial charge in [-0.05, 0) is 30.4 Å². The third-order valence-electron chi connectivity index (χ3n) is 1.96. The highest BCUT2D eigenvalue weighted by molar-refractivity contribution is 7.71. The van der Waals surface area contributed by atoms with E-state index < -0.39 is 0 Å². The van der Waals surface area contributed by atoms with Crippen molar-refractivity contribution in [3.8, 4) is 0 Å². The van der Waals surface area contributed by atoms with Crippen molar-refractivity contribution in [3.05, 3.63) is 28.0 Å². The lowest BCUT2D eigenvalue weighted by Gasteiger charge is -1.97. The number of rotatable bonds is 0. The number of hydrogen-bond donors (Lipinski definition) is 1. The molecule has 1 heterocycles. The first-order valence-electron chi connectivity index (χ1n) is 4.01. The molecule has 0 saturated carbocycles. The van der Waals surface area contributed by atoms with E-state index in [9.17, 15) is 4.79 Å². The summed E-state index contributed by atoms with van der Waals surface area (Å²) < 4.78 is 1.83. The number of H-pyrrole nitrogens is 1. The van der Waals surface area contributed by atoms with Crippen molar-refractivity contribution in [2.75, 3.05) is 0 Å². The molecule has 1 aromatic carbocycles. The van der Waals surface area contributed by atoms with Crippen LogP contribution in [0.5, 0.6) is 0 Å². The van der Waals surface area contributed by atoms with Crippen LogP contribution in [0.25, 0.3) is 11.0 Å². The highest BCUT2D eigenvalue weighted by Gasteiger charge is 2.07. The number of halogens is 1. The lowest BCUT2D eigenvalue weighted by molar-refractivity contribution is 0.0939. The van der Waals surface area contributed by atoms with Crippen LogP contribution in [0.1, 0.15) is 11.7 Å². The van der Waals surface area contributed by atoms with E-state index in [4.69, 9.17) is 23.8 Å². The van der Waals surface area contributed by atoms with E-state index in [0.717, 1.165) is 11.0 Å². The number of hydrogen-bond acceptors (Lipinski definition) is 2. The molecule has 0 radical (unpaired) electrons. The van der Waals surface area contributed by atoms with Crippen LogP contribution in [0.3, 0.4) is 0 Å². The second kappa shape index (κ2) is 3.22. The second-order valence-corrected chi connectivity index (χ2v) is 3.77. The van der Waals surface area contributed by atoms with Gasteiger partial charge in [0.2, 0.25) is 5.91 Å². The number of imidazole rings is 1. The highest BCUT2D eigenvalue weighted by Crippen LogP contribution is 2.18. The SMILES string of the molecule is CC(=O)n1c(=S)[nH]c2ccc(Cl)cc21. The molecule has 0 aliphatic carbocycles. The van der Waals surface area contributed by atoms with Crippen molar-refractivity contribution < 1.29 is 4.79 Å². The van der Waals surface area contributed by atoms with Crippen LogP contribution >= 0.6 is 23.8 Å². The van der Waals surface area contributed by atoms with Gasteiger partial charge in [0.25, 0.3) is 0 Å². The zero-order chi connectivity index (χ0) is 10.3. The Morgan fingerprint density at radius 1 is 1.57 bits per heavy atom. The number of nitrogens with zero attached hydrogens (tertiary/aromatic N) is 1. The van der Waals surface area contributed by atoms with Crippen molar-refractivity contribution >= 4 is 40.8 Å². The molecule has 2 aromatic rings. The van der Waals surface area contributed by atoms with E-state index in [-0.39, 0.29) is 5.91 Å². The fraction of sp³-hybridized carbons (Fsp3) is 0.111. The van der Waals surface area contributed by atoms with E-state index in [1.807, 2.05) is 0 Å². The summed E-state index contributed by atoms with van der Waals surface area (Å²) in [7, 11) is 0. The Morgan fingerprint density at radius 3 is 2.93 bits per heavy atom. The topological polar surface area (TPSA) is 37.8 Å². The molecule has 14 heavy (non-hydrogen) atoms. The largest absolute Gasteiger partial charge is 0.330 e. The average molecular weight is 227 g/mol. The van der Waals surface area contributed by atoms with Crippen molar-refractivity contribution in [2.45, 2.75) is 6.92 Å². The maximum absolute atomic E-state index is 11.3. The molecule has 3 nitrogen and oxygen atoms in total. The van der Waals surface area contributed by atoms with Crippen molar-refractivity contribution in [3.63, 3.8) is 0 Å². The van der Waals surface area contributed by atoms with Gasteiger partial charge in [-0.3, -0.25) is 9.36 Å². The standard InChI is InChI=1S/C9H7ClN2OS/c1-5(13)12-8-4-6(10)2-3-7(8)11-9(12)14/h2-4H,1H3,(H,11,14). The first kappa shape index (κ1) is 9.43. The van der Waals surface area contributed by atoms with Crippen molar-refractivity contribution in [2.24, 2.45) is 0 Å². The van der Waals surface area contributed by atoms with Gasteiger partial charge in [0.15, 0.2) is 4.77 Å². The maximum Gasteiger partial charge on any atom is 0.230 e. The van der Waals surface area contributed by atoms with Crippen LogP contribution in [0, 0.1) is 4.77 Å². The normalized spacial score (nSPS) is 10.7. The molecule has 0 aliphatic rings. The van der Waals surface area contributed by atoms with Gasteiger partial charge < -0.3 is 4.98 Å². The Bertz CT molecular complexity index is 570. The molecule has 0 unspecified atom stereocenters. The number of aromatic amines is 1. The summed E-state index contributed by atoms with van der Waals surface area (Å²) in [5, 5.41) is 0.585. The molecule has 0 atom stereocenters. The summed E-state index contributed by atoms with van der Waals surface area (Å²) in [6.45, 7) is 1.46. The summed E-state index contributed by atoms with van der Waals surface area (Å²) in [6.07, 6.45) is 0. The Labute approximate surface area is 90.3 Å². The molecule has 0 spiro atoms. The van der Waals surface area contributed by atoms with E-state index in [1.54, 1.807) is 18.2 Å². The summed E-state index contributed by atoms with van der Waals surface area (Å²) in [6, 6.07) is 5.26. The molecule has 2 rings (SSSR count). The van der Waals surface area contributed by atoms with Crippen LogP contribution < -0.4 is 0 Å².